The molecule has 25 heavy (non-hydrogen) atoms. The number of methoxy groups -OCH3 is 1. The second-order valence-corrected chi connectivity index (χ2v) is 7.74. The Morgan fingerprint density at radius 2 is 1.76 bits per heavy atom. The van der Waals surface area contributed by atoms with Crippen molar-refractivity contribution in [3.8, 4) is 5.75 Å². The van der Waals surface area contributed by atoms with E-state index < -0.39 is 16.1 Å². The van der Waals surface area contributed by atoms with Gasteiger partial charge < -0.3 is 20.1 Å². The number of carbonyl (C=O) groups is 1. The van der Waals surface area contributed by atoms with Crippen LogP contribution in [0.25, 0.3) is 0 Å². The summed E-state index contributed by atoms with van der Waals surface area (Å²) in [7, 11) is -0.535. The number of amides is 2. The first kappa shape index (κ1) is 21.0. The standard InChI is InChI=1S/C16H27N3O5S/c1-13(2)24-15-7-5-14(6-8-15)19(3)25(21,22)12-10-18-16(20)17-9-11-23-4/h5-8,13H,9-12H2,1-4H3,(H2,17,18,20). The Morgan fingerprint density at radius 3 is 2.32 bits per heavy atom. The summed E-state index contributed by atoms with van der Waals surface area (Å²) < 4.78 is 36.2. The van der Waals surface area contributed by atoms with E-state index in [-0.39, 0.29) is 18.4 Å². The van der Waals surface area contributed by atoms with Crippen molar-refractivity contribution in [3.05, 3.63) is 24.3 Å². The van der Waals surface area contributed by atoms with Crippen LogP contribution in [0.3, 0.4) is 0 Å². The topological polar surface area (TPSA) is 97.0 Å². The van der Waals surface area contributed by atoms with Crippen LogP contribution in [0.5, 0.6) is 5.75 Å². The first-order valence-corrected chi connectivity index (χ1v) is 9.61. The first-order valence-electron chi connectivity index (χ1n) is 8.00. The van der Waals surface area contributed by atoms with Crippen LogP contribution >= 0.6 is 0 Å². The minimum Gasteiger partial charge on any atom is -0.491 e. The zero-order valence-corrected chi connectivity index (χ0v) is 15.9. The van der Waals surface area contributed by atoms with Crippen molar-refractivity contribution in [1.29, 1.82) is 0 Å². The van der Waals surface area contributed by atoms with Crippen molar-refractivity contribution in [2.45, 2.75) is 20.0 Å². The number of ether oxygens (including phenoxy) is 2. The van der Waals surface area contributed by atoms with Gasteiger partial charge in [-0.05, 0) is 38.1 Å². The van der Waals surface area contributed by atoms with E-state index in [2.05, 4.69) is 10.6 Å². The van der Waals surface area contributed by atoms with Gasteiger partial charge in [-0.25, -0.2) is 13.2 Å². The SMILES string of the molecule is COCCNC(=O)NCCS(=O)(=O)N(C)c1ccc(OC(C)C)cc1. The third-order valence-electron chi connectivity index (χ3n) is 3.23. The van der Waals surface area contributed by atoms with E-state index in [1.807, 2.05) is 13.8 Å². The predicted octanol–water partition coefficient (Wildman–Crippen LogP) is 1.19. The highest BCUT2D eigenvalue weighted by Gasteiger charge is 2.18. The van der Waals surface area contributed by atoms with E-state index in [1.165, 1.54) is 18.5 Å². The van der Waals surface area contributed by atoms with Gasteiger partial charge in [0.15, 0.2) is 0 Å². The van der Waals surface area contributed by atoms with Gasteiger partial charge in [0.05, 0.1) is 24.2 Å². The molecule has 0 aliphatic rings. The fourth-order valence-electron chi connectivity index (χ4n) is 1.93. The second kappa shape index (κ2) is 10.1. The fraction of sp³-hybridized carbons (Fsp3) is 0.562. The third kappa shape index (κ3) is 7.61. The van der Waals surface area contributed by atoms with Crippen LogP contribution in [0.4, 0.5) is 10.5 Å². The monoisotopic (exact) mass is 373 g/mol. The Balaban J connectivity index is 2.52. The molecule has 9 heteroatoms. The van der Waals surface area contributed by atoms with Gasteiger partial charge in [0.2, 0.25) is 10.0 Å². The molecule has 0 aromatic heterocycles. The lowest BCUT2D eigenvalue weighted by molar-refractivity contribution is 0.196. The van der Waals surface area contributed by atoms with Gasteiger partial charge in [-0.1, -0.05) is 0 Å². The van der Waals surface area contributed by atoms with Gasteiger partial charge in [0.1, 0.15) is 5.75 Å². The summed E-state index contributed by atoms with van der Waals surface area (Å²) in [6.45, 7) is 4.61. The molecule has 0 bridgehead atoms. The quantitative estimate of drug-likeness (QED) is 0.601. The number of nitrogens with one attached hydrogen (secondary N) is 2. The molecule has 1 rings (SSSR count). The van der Waals surface area contributed by atoms with Crippen molar-refractivity contribution in [2.75, 3.05) is 43.9 Å². The highest BCUT2D eigenvalue weighted by molar-refractivity contribution is 7.92. The lowest BCUT2D eigenvalue weighted by Crippen LogP contribution is -2.41. The maximum absolute atomic E-state index is 12.3. The largest absolute Gasteiger partial charge is 0.491 e. The van der Waals surface area contributed by atoms with Crippen LogP contribution in [-0.2, 0) is 14.8 Å². The normalized spacial score (nSPS) is 11.2. The summed E-state index contributed by atoms with van der Waals surface area (Å²) in [6, 6.07) is 6.39. The number of sulfonamides is 1. The molecule has 0 saturated heterocycles. The number of urea groups is 1. The summed E-state index contributed by atoms with van der Waals surface area (Å²) in [5, 5.41) is 5.06. The van der Waals surface area contributed by atoms with Crippen LogP contribution in [0.1, 0.15) is 13.8 Å². The predicted molar refractivity (Wildman–Crippen MR) is 97.7 cm³/mol. The van der Waals surface area contributed by atoms with E-state index in [0.29, 0.717) is 24.6 Å². The zero-order valence-electron chi connectivity index (χ0n) is 15.1. The molecule has 0 heterocycles. The Morgan fingerprint density at radius 1 is 1.16 bits per heavy atom. The van der Waals surface area contributed by atoms with Gasteiger partial charge in [-0.3, -0.25) is 4.31 Å². The fourth-order valence-corrected chi connectivity index (χ4v) is 3.00. The van der Waals surface area contributed by atoms with Crippen molar-refractivity contribution in [1.82, 2.24) is 10.6 Å². The summed E-state index contributed by atoms with van der Waals surface area (Å²) in [4.78, 5) is 11.5. The minimum absolute atomic E-state index is 0.0139. The summed E-state index contributed by atoms with van der Waals surface area (Å²) in [6.07, 6.45) is 0.0495. The molecular weight excluding hydrogens is 346 g/mol. The molecule has 2 N–H and O–H groups in total. The molecule has 0 aliphatic heterocycles. The summed E-state index contributed by atoms with van der Waals surface area (Å²) in [5.74, 6) is 0.477. The Hall–Kier alpha value is -2.00. The minimum atomic E-state index is -3.54. The lowest BCUT2D eigenvalue weighted by Gasteiger charge is -2.20. The number of hydrogen-bond donors (Lipinski definition) is 2. The van der Waals surface area contributed by atoms with Crippen LogP contribution in [-0.4, -0.2) is 60.2 Å². The van der Waals surface area contributed by atoms with E-state index in [9.17, 15) is 13.2 Å². The molecule has 0 unspecified atom stereocenters. The van der Waals surface area contributed by atoms with Crippen molar-refractivity contribution in [2.24, 2.45) is 0 Å². The van der Waals surface area contributed by atoms with Crippen LogP contribution in [0.15, 0.2) is 24.3 Å². The van der Waals surface area contributed by atoms with Crippen molar-refractivity contribution >= 4 is 21.7 Å². The molecule has 0 atom stereocenters. The molecule has 1 aromatic rings. The van der Waals surface area contributed by atoms with Crippen LogP contribution < -0.4 is 19.7 Å². The Bertz CT molecular complexity index is 632. The molecule has 1 aromatic carbocycles. The van der Waals surface area contributed by atoms with Crippen molar-refractivity contribution in [3.63, 3.8) is 0 Å². The highest BCUT2D eigenvalue weighted by Crippen LogP contribution is 2.21. The third-order valence-corrected chi connectivity index (χ3v) is 4.99. The molecule has 0 spiro atoms. The summed E-state index contributed by atoms with van der Waals surface area (Å²) in [5.41, 5.74) is 0.528. The number of carbonyl (C=O) groups excluding carboxylic acids is 1. The number of rotatable bonds is 10. The van der Waals surface area contributed by atoms with E-state index in [1.54, 1.807) is 24.3 Å². The average Bonchev–Trinajstić information content (AvgIpc) is 2.54. The zero-order chi connectivity index (χ0) is 18.9. The van der Waals surface area contributed by atoms with E-state index >= 15 is 0 Å². The maximum atomic E-state index is 12.3. The molecule has 0 fully saturated rings. The smallest absolute Gasteiger partial charge is 0.314 e. The average molecular weight is 373 g/mol. The number of hydrogen-bond acceptors (Lipinski definition) is 5. The number of anilines is 1. The van der Waals surface area contributed by atoms with E-state index in [0.717, 1.165) is 0 Å². The molecule has 2 amide bonds. The molecule has 0 saturated carbocycles. The maximum Gasteiger partial charge on any atom is 0.314 e. The molecule has 142 valence electrons. The lowest BCUT2D eigenvalue weighted by atomic mass is 10.3. The summed E-state index contributed by atoms with van der Waals surface area (Å²) >= 11 is 0. The van der Waals surface area contributed by atoms with Crippen LogP contribution in [0.2, 0.25) is 0 Å². The van der Waals surface area contributed by atoms with E-state index in [4.69, 9.17) is 9.47 Å². The molecule has 0 aliphatic carbocycles. The highest BCUT2D eigenvalue weighted by atomic mass is 32.2. The van der Waals surface area contributed by atoms with Crippen LogP contribution in [0, 0.1) is 0 Å². The van der Waals surface area contributed by atoms with Gasteiger partial charge in [0.25, 0.3) is 0 Å². The number of nitrogens with zero attached hydrogens (tertiary/aromatic N) is 1. The number of benzene rings is 1. The van der Waals surface area contributed by atoms with Gasteiger partial charge >= 0.3 is 6.03 Å². The first-order chi connectivity index (χ1) is 11.8. The molecular formula is C16H27N3O5S. The molecule has 8 nitrogen and oxygen atoms in total. The Labute approximate surface area is 149 Å². The molecule has 0 radical (unpaired) electrons. The van der Waals surface area contributed by atoms with Crippen molar-refractivity contribution < 1.29 is 22.7 Å². The van der Waals surface area contributed by atoms with Gasteiger partial charge in [-0.15, -0.1) is 0 Å². The second-order valence-electron chi connectivity index (χ2n) is 5.62. The van der Waals surface area contributed by atoms with Gasteiger partial charge in [-0.2, -0.15) is 0 Å². The Kier molecular flexibility index (Phi) is 8.50. The van der Waals surface area contributed by atoms with Gasteiger partial charge in [0, 0.05) is 27.2 Å².